The molecule has 1 aliphatic rings. The summed E-state index contributed by atoms with van der Waals surface area (Å²) < 4.78 is 5.56. The van der Waals surface area contributed by atoms with E-state index in [1.54, 1.807) is 45.3 Å². The van der Waals surface area contributed by atoms with Crippen LogP contribution in [-0.2, 0) is 14.9 Å². The highest BCUT2D eigenvalue weighted by atomic mass is 35.5. The van der Waals surface area contributed by atoms with Gasteiger partial charge in [0.25, 0.3) is 0 Å². The first-order chi connectivity index (χ1) is 16.1. The smallest absolute Gasteiger partial charge is 0.421 e. The van der Waals surface area contributed by atoms with Crippen LogP contribution in [0.3, 0.4) is 0 Å². The van der Waals surface area contributed by atoms with Gasteiger partial charge in [-0.3, -0.25) is 4.79 Å². The number of halogens is 1. The number of nitrogens with zero attached hydrogens (tertiary/aromatic N) is 3. The van der Waals surface area contributed by atoms with Crippen LogP contribution < -0.4 is 4.90 Å². The Hall–Kier alpha value is -3.43. The molecule has 1 aromatic carbocycles. The van der Waals surface area contributed by atoms with E-state index in [-0.39, 0.29) is 5.91 Å². The van der Waals surface area contributed by atoms with Crippen molar-refractivity contribution in [1.82, 2.24) is 9.97 Å². The van der Waals surface area contributed by atoms with E-state index in [2.05, 4.69) is 21.8 Å². The number of hydrogen-bond donors (Lipinski definition) is 0. The molecule has 3 aromatic rings. The second kappa shape index (κ2) is 8.73. The minimum Gasteiger partial charge on any atom is -0.443 e. The fraction of sp³-hybridized carbons (Fsp3) is 0.333. The van der Waals surface area contributed by atoms with Crippen molar-refractivity contribution in [3.63, 3.8) is 0 Å². The lowest BCUT2D eigenvalue weighted by Gasteiger charge is -2.27. The third-order valence-electron chi connectivity index (χ3n) is 6.09. The third-order valence-corrected chi connectivity index (χ3v) is 6.30. The fourth-order valence-electron chi connectivity index (χ4n) is 4.33. The lowest BCUT2D eigenvalue weighted by molar-refractivity contribution is -0.123. The van der Waals surface area contributed by atoms with Crippen molar-refractivity contribution in [3.8, 4) is 11.8 Å². The number of aromatic nitrogens is 2. The SMILES string of the molecule is CCC1(CC)C(=O)N(C(=O)OC(C)(C)C)c2cc(C#Cc3nccc4cnc(Cl)cc34)ccc21. The first-order valence-electron chi connectivity index (χ1n) is 11.2. The predicted molar refractivity (Wildman–Crippen MR) is 133 cm³/mol. The first kappa shape index (κ1) is 23.7. The highest BCUT2D eigenvalue weighted by Crippen LogP contribution is 2.47. The normalized spacial score (nSPS) is 14.5. The van der Waals surface area contributed by atoms with E-state index in [1.165, 1.54) is 4.90 Å². The molecule has 4 rings (SSSR count). The zero-order valence-corrected chi connectivity index (χ0v) is 20.7. The highest BCUT2D eigenvalue weighted by Gasteiger charge is 2.51. The largest absolute Gasteiger partial charge is 0.443 e. The van der Waals surface area contributed by atoms with Crippen molar-refractivity contribution in [2.75, 3.05) is 4.90 Å². The van der Waals surface area contributed by atoms with E-state index in [4.69, 9.17) is 16.3 Å². The van der Waals surface area contributed by atoms with Crippen LogP contribution in [0.1, 0.15) is 64.3 Å². The number of anilines is 1. The van der Waals surface area contributed by atoms with Crippen molar-refractivity contribution in [2.45, 2.75) is 58.5 Å². The molecule has 174 valence electrons. The van der Waals surface area contributed by atoms with Crippen LogP contribution in [0.4, 0.5) is 10.5 Å². The minimum absolute atomic E-state index is 0.260. The second-order valence-electron chi connectivity index (χ2n) is 9.28. The Kier molecular flexibility index (Phi) is 6.09. The zero-order chi connectivity index (χ0) is 24.7. The van der Waals surface area contributed by atoms with Crippen LogP contribution >= 0.6 is 11.6 Å². The Morgan fingerprint density at radius 1 is 1.12 bits per heavy atom. The van der Waals surface area contributed by atoms with Crippen LogP contribution in [0.25, 0.3) is 10.8 Å². The quantitative estimate of drug-likeness (QED) is 0.334. The summed E-state index contributed by atoms with van der Waals surface area (Å²) in [4.78, 5) is 36.2. The average molecular weight is 476 g/mol. The van der Waals surface area contributed by atoms with Gasteiger partial charge in [0.1, 0.15) is 16.4 Å². The molecule has 0 atom stereocenters. The van der Waals surface area contributed by atoms with E-state index in [1.807, 2.05) is 32.0 Å². The van der Waals surface area contributed by atoms with Gasteiger partial charge in [-0.2, -0.15) is 0 Å². The van der Waals surface area contributed by atoms with Crippen LogP contribution in [0, 0.1) is 11.8 Å². The van der Waals surface area contributed by atoms with Crippen LogP contribution in [0.5, 0.6) is 0 Å². The van der Waals surface area contributed by atoms with Gasteiger partial charge in [0.2, 0.25) is 5.91 Å². The summed E-state index contributed by atoms with van der Waals surface area (Å²) in [6, 6.07) is 9.12. The van der Waals surface area contributed by atoms with E-state index >= 15 is 0 Å². The fourth-order valence-corrected chi connectivity index (χ4v) is 4.49. The molecular formula is C27H26ClN3O3. The lowest BCUT2D eigenvalue weighted by atomic mass is 9.77. The first-order valence-corrected chi connectivity index (χ1v) is 11.6. The summed E-state index contributed by atoms with van der Waals surface area (Å²) in [5.41, 5.74) is 1.07. The van der Waals surface area contributed by atoms with Crippen molar-refractivity contribution in [3.05, 3.63) is 64.7 Å². The highest BCUT2D eigenvalue weighted by molar-refractivity contribution is 6.30. The van der Waals surface area contributed by atoms with E-state index in [9.17, 15) is 9.59 Å². The second-order valence-corrected chi connectivity index (χ2v) is 9.67. The molecule has 34 heavy (non-hydrogen) atoms. The maximum Gasteiger partial charge on any atom is 0.421 e. The molecule has 6 nitrogen and oxygen atoms in total. The van der Waals surface area contributed by atoms with Gasteiger partial charge in [0.15, 0.2) is 0 Å². The number of rotatable bonds is 2. The molecule has 0 bridgehead atoms. The molecule has 0 saturated carbocycles. The Bertz CT molecular complexity index is 1360. The monoisotopic (exact) mass is 475 g/mol. The molecule has 3 heterocycles. The molecule has 0 N–H and O–H groups in total. The van der Waals surface area contributed by atoms with Gasteiger partial charge in [-0.1, -0.05) is 37.4 Å². The molecule has 7 heteroatoms. The van der Waals surface area contributed by atoms with Gasteiger partial charge >= 0.3 is 6.09 Å². The number of pyridine rings is 2. The summed E-state index contributed by atoms with van der Waals surface area (Å²) in [5.74, 6) is 5.96. The summed E-state index contributed by atoms with van der Waals surface area (Å²) >= 11 is 6.06. The summed E-state index contributed by atoms with van der Waals surface area (Å²) in [7, 11) is 0. The summed E-state index contributed by atoms with van der Waals surface area (Å²) in [5, 5.41) is 2.05. The maximum atomic E-state index is 13.5. The Labute approximate surface area is 204 Å². The molecule has 2 amide bonds. The molecule has 0 radical (unpaired) electrons. The zero-order valence-electron chi connectivity index (χ0n) is 19.9. The topological polar surface area (TPSA) is 72.4 Å². The van der Waals surface area contributed by atoms with Crippen molar-refractivity contribution < 1.29 is 14.3 Å². The van der Waals surface area contributed by atoms with E-state index in [0.29, 0.717) is 34.9 Å². The van der Waals surface area contributed by atoms with Crippen molar-refractivity contribution >= 4 is 40.1 Å². The Balaban J connectivity index is 1.80. The summed E-state index contributed by atoms with van der Waals surface area (Å²) in [6.07, 6.45) is 3.83. The van der Waals surface area contributed by atoms with Gasteiger partial charge in [-0.15, -0.1) is 0 Å². The third kappa shape index (κ3) is 4.12. The van der Waals surface area contributed by atoms with E-state index < -0.39 is 17.1 Å². The number of benzene rings is 1. The predicted octanol–water partition coefficient (Wildman–Crippen LogP) is 6.02. The standard InChI is InChI=1S/C27H26ClN3O3/c1-6-27(7-2)20-10-8-17(14-22(20)31(24(27)32)25(33)34-26(3,4)5)9-11-21-19-15-23(28)30-16-18(19)12-13-29-21/h8,10,12-16H,6-7H2,1-5H3. The average Bonchev–Trinajstić information content (AvgIpc) is 3.03. The minimum atomic E-state index is -0.765. The molecule has 0 aliphatic carbocycles. The number of imide groups is 1. The van der Waals surface area contributed by atoms with E-state index in [0.717, 1.165) is 16.3 Å². The van der Waals surface area contributed by atoms with Crippen molar-refractivity contribution in [1.29, 1.82) is 0 Å². The molecule has 0 spiro atoms. The summed E-state index contributed by atoms with van der Waals surface area (Å²) in [6.45, 7) is 9.26. The van der Waals surface area contributed by atoms with Gasteiger partial charge in [0, 0.05) is 28.7 Å². The van der Waals surface area contributed by atoms with Gasteiger partial charge in [-0.25, -0.2) is 19.7 Å². The molecular weight excluding hydrogens is 450 g/mol. The van der Waals surface area contributed by atoms with Crippen LogP contribution in [0.15, 0.2) is 42.7 Å². The number of amides is 2. The van der Waals surface area contributed by atoms with Crippen LogP contribution in [-0.4, -0.2) is 27.6 Å². The molecule has 1 aliphatic heterocycles. The Morgan fingerprint density at radius 3 is 2.53 bits per heavy atom. The Morgan fingerprint density at radius 2 is 1.85 bits per heavy atom. The van der Waals surface area contributed by atoms with Gasteiger partial charge in [-0.05, 0) is 69.4 Å². The van der Waals surface area contributed by atoms with Gasteiger partial charge < -0.3 is 4.74 Å². The maximum absolute atomic E-state index is 13.5. The van der Waals surface area contributed by atoms with Crippen LogP contribution in [0.2, 0.25) is 5.15 Å². The lowest BCUT2D eigenvalue weighted by Crippen LogP contribution is -2.44. The molecule has 0 fully saturated rings. The number of ether oxygens (including phenoxy) is 1. The van der Waals surface area contributed by atoms with Crippen molar-refractivity contribution in [2.24, 2.45) is 0 Å². The molecule has 0 unspecified atom stereocenters. The molecule has 2 aromatic heterocycles. The number of carbonyl (C=O) groups excluding carboxylic acids is 2. The van der Waals surface area contributed by atoms with Gasteiger partial charge in [0.05, 0.1) is 11.1 Å². The number of fused-ring (bicyclic) bond motifs is 2. The number of carbonyl (C=O) groups is 2. The molecule has 0 saturated heterocycles. The number of hydrogen-bond acceptors (Lipinski definition) is 5.